The van der Waals surface area contributed by atoms with Gasteiger partial charge in [-0.15, -0.1) is 0 Å². The van der Waals surface area contributed by atoms with Crippen LogP contribution in [-0.4, -0.2) is 26.7 Å². The summed E-state index contributed by atoms with van der Waals surface area (Å²) in [5.41, 5.74) is 0.812. The summed E-state index contributed by atoms with van der Waals surface area (Å²) in [5.74, 6) is 0.337. The Labute approximate surface area is 159 Å². The minimum absolute atomic E-state index is 0.234. The van der Waals surface area contributed by atoms with Gasteiger partial charge in [-0.05, 0) is 55.3 Å². The van der Waals surface area contributed by atoms with Crippen LogP contribution in [0.2, 0.25) is 5.02 Å². The van der Waals surface area contributed by atoms with Crippen molar-refractivity contribution in [2.75, 3.05) is 6.26 Å². The topological polar surface area (TPSA) is 72.5 Å². The van der Waals surface area contributed by atoms with Gasteiger partial charge in [0.25, 0.3) is 5.91 Å². The maximum absolute atomic E-state index is 12.5. The van der Waals surface area contributed by atoms with E-state index in [0.717, 1.165) is 11.8 Å². The van der Waals surface area contributed by atoms with Gasteiger partial charge in [-0.3, -0.25) is 4.79 Å². The highest BCUT2D eigenvalue weighted by Gasteiger charge is 2.21. The molecule has 0 heterocycles. The molecule has 0 fully saturated rings. The van der Waals surface area contributed by atoms with Gasteiger partial charge in [-0.1, -0.05) is 30.7 Å². The molecule has 0 aliphatic heterocycles. The smallest absolute Gasteiger partial charge is 0.261 e. The third kappa shape index (κ3) is 5.47. The van der Waals surface area contributed by atoms with Gasteiger partial charge in [0.1, 0.15) is 5.75 Å². The van der Waals surface area contributed by atoms with E-state index < -0.39 is 15.9 Å². The fourth-order valence-electron chi connectivity index (χ4n) is 2.39. The molecule has 0 aliphatic carbocycles. The first-order valence-corrected chi connectivity index (χ1v) is 10.5. The van der Waals surface area contributed by atoms with E-state index in [1.54, 1.807) is 36.4 Å². The molecule has 1 amide bonds. The van der Waals surface area contributed by atoms with E-state index in [1.807, 2.05) is 13.8 Å². The number of carbonyl (C=O) groups is 1. The number of sulfone groups is 1. The normalized spacial score (nSPS) is 13.7. The molecule has 2 unspecified atom stereocenters. The van der Waals surface area contributed by atoms with Crippen LogP contribution in [0.3, 0.4) is 0 Å². The molecular weight excluding hydrogens is 374 g/mol. The summed E-state index contributed by atoms with van der Waals surface area (Å²) in [5, 5.41) is 3.50. The van der Waals surface area contributed by atoms with Crippen molar-refractivity contribution in [3.05, 3.63) is 59.1 Å². The lowest BCUT2D eigenvalue weighted by molar-refractivity contribution is -0.128. The van der Waals surface area contributed by atoms with Gasteiger partial charge in [-0.25, -0.2) is 8.42 Å². The Balaban J connectivity index is 2.03. The van der Waals surface area contributed by atoms with Gasteiger partial charge in [0.2, 0.25) is 0 Å². The zero-order valence-corrected chi connectivity index (χ0v) is 16.5. The Kier molecular flexibility index (Phi) is 6.67. The van der Waals surface area contributed by atoms with Gasteiger partial charge in [0.05, 0.1) is 10.9 Å². The van der Waals surface area contributed by atoms with Gasteiger partial charge in [-0.2, -0.15) is 0 Å². The number of rotatable bonds is 7. The second-order valence-corrected chi connectivity index (χ2v) is 8.49. The SMILES string of the molecule is CCC(Oc1ccc(Cl)cc1)C(=O)NC(C)c1ccc(S(C)(=O)=O)cc1. The van der Waals surface area contributed by atoms with Crippen LogP contribution in [-0.2, 0) is 14.6 Å². The number of benzene rings is 2. The van der Waals surface area contributed by atoms with Gasteiger partial charge < -0.3 is 10.1 Å². The lowest BCUT2D eigenvalue weighted by atomic mass is 10.1. The molecule has 0 bridgehead atoms. The Bertz CT molecular complexity index is 848. The van der Waals surface area contributed by atoms with Crippen LogP contribution in [0.1, 0.15) is 31.9 Å². The summed E-state index contributed by atoms with van der Waals surface area (Å²) in [6.07, 6.45) is 1.04. The van der Waals surface area contributed by atoms with Crippen LogP contribution >= 0.6 is 11.6 Å². The molecule has 26 heavy (non-hydrogen) atoms. The van der Waals surface area contributed by atoms with Crippen LogP contribution in [0, 0.1) is 0 Å². The number of hydrogen-bond acceptors (Lipinski definition) is 4. The molecular formula is C19H22ClNO4S. The van der Waals surface area contributed by atoms with Gasteiger partial charge in [0.15, 0.2) is 15.9 Å². The van der Waals surface area contributed by atoms with Crippen LogP contribution in [0.5, 0.6) is 5.75 Å². The number of halogens is 1. The Hall–Kier alpha value is -2.05. The maximum Gasteiger partial charge on any atom is 0.261 e. The second kappa shape index (κ2) is 8.56. The molecule has 2 atom stereocenters. The third-order valence-electron chi connectivity index (χ3n) is 3.92. The molecule has 7 heteroatoms. The summed E-state index contributed by atoms with van der Waals surface area (Å²) in [4.78, 5) is 12.7. The Morgan fingerprint density at radius 1 is 1.12 bits per heavy atom. The summed E-state index contributed by atoms with van der Waals surface area (Å²) in [6.45, 7) is 3.70. The van der Waals surface area contributed by atoms with Crippen LogP contribution in [0.4, 0.5) is 0 Å². The minimum atomic E-state index is -3.24. The maximum atomic E-state index is 12.5. The first-order valence-electron chi connectivity index (χ1n) is 8.23. The highest BCUT2D eigenvalue weighted by Crippen LogP contribution is 2.19. The molecule has 0 saturated carbocycles. The summed E-state index contributed by atoms with van der Waals surface area (Å²) in [7, 11) is -3.24. The Morgan fingerprint density at radius 3 is 2.19 bits per heavy atom. The molecule has 2 aromatic carbocycles. The molecule has 1 N–H and O–H groups in total. The van der Waals surface area contributed by atoms with Crippen molar-refractivity contribution < 1.29 is 17.9 Å². The van der Waals surface area contributed by atoms with E-state index in [-0.39, 0.29) is 16.8 Å². The van der Waals surface area contributed by atoms with E-state index in [4.69, 9.17) is 16.3 Å². The molecule has 2 rings (SSSR count). The van der Waals surface area contributed by atoms with Gasteiger partial charge in [0, 0.05) is 11.3 Å². The predicted octanol–water partition coefficient (Wildman–Crippen LogP) is 3.78. The summed E-state index contributed by atoms with van der Waals surface area (Å²) in [6, 6.07) is 13.0. The van der Waals surface area contributed by atoms with Crippen molar-refractivity contribution in [2.45, 2.75) is 37.3 Å². The number of carbonyl (C=O) groups excluding carboxylic acids is 1. The van der Waals surface area contributed by atoms with E-state index >= 15 is 0 Å². The molecule has 0 aliphatic rings. The van der Waals surface area contributed by atoms with E-state index in [1.165, 1.54) is 12.1 Å². The fourth-order valence-corrected chi connectivity index (χ4v) is 3.15. The monoisotopic (exact) mass is 395 g/mol. The fraction of sp³-hybridized carbons (Fsp3) is 0.316. The van der Waals surface area contributed by atoms with Crippen LogP contribution < -0.4 is 10.1 Å². The van der Waals surface area contributed by atoms with Crippen molar-refractivity contribution >= 4 is 27.3 Å². The second-order valence-electron chi connectivity index (χ2n) is 6.04. The van der Waals surface area contributed by atoms with Gasteiger partial charge >= 0.3 is 0 Å². The molecule has 140 valence electrons. The minimum Gasteiger partial charge on any atom is -0.481 e. The summed E-state index contributed by atoms with van der Waals surface area (Å²) >= 11 is 5.85. The van der Waals surface area contributed by atoms with Crippen molar-refractivity contribution in [1.82, 2.24) is 5.32 Å². The zero-order valence-electron chi connectivity index (χ0n) is 14.9. The quantitative estimate of drug-likeness (QED) is 0.774. The molecule has 0 saturated heterocycles. The molecule has 0 aromatic heterocycles. The van der Waals surface area contributed by atoms with E-state index in [2.05, 4.69) is 5.32 Å². The third-order valence-corrected chi connectivity index (χ3v) is 5.30. The average molecular weight is 396 g/mol. The summed E-state index contributed by atoms with van der Waals surface area (Å²) < 4.78 is 28.8. The Morgan fingerprint density at radius 2 is 1.69 bits per heavy atom. The highest BCUT2D eigenvalue weighted by atomic mass is 35.5. The van der Waals surface area contributed by atoms with E-state index in [9.17, 15) is 13.2 Å². The zero-order chi connectivity index (χ0) is 19.3. The number of hydrogen-bond donors (Lipinski definition) is 1. The van der Waals surface area contributed by atoms with Crippen molar-refractivity contribution in [2.24, 2.45) is 0 Å². The first-order chi connectivity index (χ1) is 12.2. The average Bonchev–Trinajstić information content (AvgIpc) is 2.60. The van der Waals surface area contributed by atoms with Crippen molar-refractivity contribution in [1.29, 1.82) is 0 Å². The molecule has 5 nitrogen and oxygen atoms in total. The number of amides is 1. The number of nitrogens with one attached hydrogen (secondary N) is 1. The number of ether oxygens (including phenoxy) is 1. The van der Waals surface area contributed by atoms with Crippen LogP contribution in [0.15, 0.2) is 53.4 Å². The van der Waals surface area contributed by atoms with Crippen molar-refractivity contribution in [3.8, 4) is 5.75 Å². The lowest BCUT2D eigenvalue weighted by Crippen LogP contribution is -2.39. The molecule has 2 aromatic rings. The highest BCUT2D eigenvalue weighted by molar-refractivity contribution is 7.90. The largest absolute Gasteiger partial charge is 0.481 e. The molecule has 0 radical (unpaired) electrons. The standard InChI is InChI=1S/C19H22ClNO4S/c1-4-18(25-16-9-7-15(20)8-10-16)19(22)21-13(2)14-5-11-17(12-6-14)26(3,23)24/h5-13,18H,4H2,1-3H3,(H,21,22). The van der Waals surface area contributed by atoms with Crippen LogP contribution in [0.25, 0.3) is 0 Å². The predicted molar refractivity (Wildman–Crippen MR) is 102 cm³/mol. The molecule has 0 spiro atoms. The first kappa shape index (κ1) is 20.3. The lowest BCUT2D eigenvalue weighted by Gasteiger charge is -2.21. The van der Waals surface area contributed by atoms with Crippen molar-refractivity contribution in [3.63, 3.8) is 0 Å². The van der Waals surface area contributed by atoms with E-state index in [0.29, 0.717) is 17.2 Å².